The van der Waals surface area contributed by atoms with Crippen LogP contribution in [0.25, 0.3) is 5.76 Å². The lowest BCUT2D eigenvalue weighted by Crippen LogP contribution is -2.29. The zero-order valence-electron chi connectivity index (χ0n) is 21.5. The third-order valence-corrected chi connectivity index (χ3v) is 7.40. The van der Waals surface area contributed by atoms with Gasteiger partial charge in [0.15, 0.2) is 5.13 Å². The molecule has 202 valence electrons. The van der Waals surface area contributed by atoms with Crippen molar-refractivity contribution in [1.29, 1.82) is 0 Å². The summed E-state index contributed by atoms with van der Waals surface area (Å²) in [6.07, 6.45) is 3.28. The molecule has 8 nitrogen and oxygen atoms in total. The van der Waals surface area contributed by atoms with Crippen molar-refractivity contribution in [1.82, 2.24) is 4.98 Å². The number of esters is 1. The first-order valence-corrected chi connectivity index (χ1v) is 13.5. The zero-order chi connectivity index (χ0) is 28.1. The molecule has 1 saturated heterocycles. The summed E-state index contributed by atoms with van der Waals surface area (Å²) in [6, 6.07) is 12.3. The number of ether oxygens (including phenoxy) is 2. The molecule has 1 fully saturated rings. The molecule has 1 amide bonds. The van der Waals surface area contributed by atoms with Crippen molar-refractivity contribution in [3.8, 4) is 5.75 Å². The third-order valence-electron chi connectivity index (χ3n) is 6.01. The number of benzene rings is 2. The minimum Gasteiger partial charge on any atom is -0.507 e. The van der Waals surface area contributed by atoms with E-state index in [0.29, 0.717) is 34.2 Å². The number of rotatable bonds is 10. The van der Waals surface area contributed by atoms with E-state index in [9.17, 15) is 19.5 Å². The second-order valence-electron chi connectivity index (χ2n) is 8.75. The number of ketones is 1. The number of hydrogen-bond acceptors (Lipinski definition) is 8. The van der Waals surface area contributed by atoms with Crippen LogP contribution in [-0.4, -0.2) is 41.0 Å². The number of nitrogens with zero attached hydrogens (tertiary/aromatic N) is 2. The summed E-state index contributed by atoms with van der Waals surface area (Å²) < 4.78 is 10.9. The minimum absolute atomic E-state index is 0.0159. The lowest BCUT2D eigenvalue weighted by molar-refractivity contribution is -0.132. The van der Waals surface area contributed by atoms with Crippen LogP contribution in [0.5, 0.6) is 5.75 Å². The molecule has 2 heterocycles. The largest absolute Gasteiger partial charge is 0.507 e. The predicted molar refractivity (Wildman–Crippen MR) is 150 cm³/mol. The van der Waals surface area contributed by atoms with Gasteiger partial charge in [0.25, 0.3) is 5.78 Å². The monoisotopic (exact) mass is 566 g/mol. The maximum absolute atomic E-state index is 13.4. The van der Waals surface area contributed by atoms with Crippen LogP contribution in [0.4, 0.5) is 5.13 Å². The first-order chi connectivity index (χ1) is 18.8. The van der Waals surface area contributed by atoms with E-state index in [0.717, 1.165) is 24.2 Å². The number of anilines is 1. The molecule has 0 saturated carbocycles. The molecule has 1 aliphatic rings. The van der Waals surface area contributed by atoms with E-state index < -0.39 is 23.7 Å². The Bertz CT molecular complexity index is 1450. The Labute approximate surface area is 235 Å². The van der Waals surface area contributed by atoms with Crippen LogP contribution in [0, 0.1) is 6.92 Å². The van der Waals surface area contributed by atoms with Crippen LogP contribution in [0.15, 0.2) is 66.8 Å². The lowest BCUT2D eigenvalue weighted by atomic mass is 9.95. The highest BCUT2D eigenvalue weighted by atomic mass is 35.5. The van der Waals surface area contributed by atoms with Crippen molar-refractivity contribution in [2.24, 2.45) is 0 Å². The van der Waals surface area contributed by atoms with E-state index in [1.165, 1.54) is 11.0 Å². The van der Waals surface area contributed by atoms with Crippen LogP contribution in [0.2, 0.25) is 5.02 Å². The number of hydrogen-bond donors (Lipinski definition) is 1. The van der Waals surface area contributed by atoms with Gasteiger partial charge in [-0.05, 0) is 43.2 Å². The number of unbranched alkanes of at least 4 members (excludes halogenated alkanes) is 1. The Hall–Kier alpha value is -3.95. The average Bonchev–Trinajstić information content (AvgIpc) is 3.44. The normalized spacial score (nSPS) is 16.4. The van der Waals surface area contributed by atoms with Gasteiger partial charge in [0.2, 0.25) is 0 Å². The third kappa shape index (κ3) is 5.89. The standard InChI is InChI=1S/C29H27ClN2O6S/c1-4-6-15-37-21-9-7-8-19(16-21)24(33)22-23(18-10-12-20(30)13-11-18)32(27(35)25(22)34)29-31-17(3)26(39-29)28(36)38-14-5-2/h5,7-13,16,23,33H,2,4,6,14-15H2,1,3H3/b24-22+. The maximum atomic E-state index is 13.4. The number of aliphatic hydroxyl groups is 1. The smallest absolute Gasteiger partial charge is 0.350 e. The summed E-state index contributed by atoms with van der Waals surface area (Å²) in [5.41, 5.74) is 1.08. The second kappa shape index (κ2) is 12.3. The molecular formula is C29H27ClN2O6S. The fraction of sp³-hybridized carbons (Fsp3) is 0.241. The van der Waals surface area contributed by atoms with Gasteiger partial charge >= 0.3 is 11.9 Å². The summed E-state index contributed by atoms with van der Waals surface area (Å²) in [7, 11) is 0. The maximum Gasteiger partial charge on any atom is 0.350 e. The molecule has 0 radical (unpaired) electrons. The van der Waals surface area contributed by atoms with E-state index in [-0.39, 0.29) is 27.9 Å². The molecule has 0 aliphatic carbocycles. The van der Waals surface area contributed by atoms with Crippen molar-refractivity contribution >= 4 is 51.5 Å². The van der Waals surface area contributed by atoms with Gasteiger partial charge in [0, 0.05) is 10.6 Å². The number of aryl methyl sites for hydroxylation is 1. The molecule has 10 heteroatoms. The highest BCUT2D eigenvalue weighted by molar-refractivity contribution is 7.17. The lowest BCUT2D eigenvalue weighted by Gasteiger charge is -2.23. The molecule has 1 aromatic heterocycles. The van der Waals surface area contributed by atoms with E-state index in [2.05, 4.69) is 18.5 Å². The highest BCUT2D eigenvalue weighted by Crippen LogP contribution is 2.44. The summed E-state index contributed by atoms with van der Waals surface area (Å²) >= 11 is 7.03. The fourth-order valence-electron chi connectivity index (χ4n) is 4.09. The van der Waals surface area contributed by atoms with Crippen molar-refractivity contribution in [3.05, 3.63) is 93.5 Å². The SMILES string of the molecule is C=CCOC(=O)c1sc(N2C(=O)C(=O)/C(=C(/O)c3cccc(OCCCC)c3)C2c2ccc(Cl)cc2)nc1C. The number of Topliss-reactive ketones (excluding diaryl/α,β-unsaturated/α-hetero) is 1. The Balaban J connectivity index is 1.82. The zero-order valence-corrected chi connectivity index (χ0v) is 23.1. The molecule has 3 aromatic rings. The quantitative estimate of drug-likeness (QED) is 0.0771. The van der Waals surface area contributed by atoms with Crippen LogP contribution >= 0.6 is 22.9 Å². The molecule has 2 aromatic carbocycles. The molecule has 1 N–H and O–H groups in total. The van der Waals surface area contributed by atoms with Gasteiger partial charge in [-0.25, -0.2) is 9.78 Å². The number of halogens is 1. The Morgan fingerprint density at radius 1 is 1.23 bits per heavy atom. The predicted octanol–water partition coefficient (Wildman–Crippen LogP) is 6.25. The second-order valence-corrected chi connectivity index (χ2v) is 10.2. The number of aromatic nitrogens is 1. The summed E-state index contributed by atoms with van der Waals surface area (Å²) in [5, 5.41) is 12.0. The topological polar surface area (TPSA) is 106 Å². The molecule has 4 rings (SSSR count). The molecule has 0 spiro atoms. The van der Waals surface area contributed by atoms with Crippen LogP contribution in [0.1, 0.15) is 52.3 Å². The molecule has 1 atom stereocenters. The van der Waals surface area contributed by atoms with Crippen molar-refractivity contribution < 1.29 is 29.0 Å². The molecule has 39 heavy (non-hydrogen) atoms. The van der Waals surface area contributed by atoms with Crippen LogP contribution < -0.4 is 9.64 Å². The van der Waals surface area contributed by atoms with Crippen molar-refractivity contribution in [2.75, 3.05) is 18.1 Å². The fourth-order valence-corrected chi connectivity index (χ4v) is 5.20. The summed E-state index contributed by atoms with van der Waals surface area (Å²) in [4.78, 5) is 45.2. The first kappa shape index (κ1) is 28.1. The summed E-state index contributed by atoms with van der Waals surface area (Å²) in [6.45, 7) is 7.73. The van der Waals surface area contributed by atoms with Crippen LogP contribution in [0.3, 0.4) is 0 Å². The van der Waals surface area contributed by atoms with Gasteiger partial charge in [0.1, 0.15) is 23.0 Å². The van der Waals surface area contributed by atoms with Crippen molar-refractivity contribution in [2.45, 2.75) is 32.7 Å². The number of aliphatic hydroxyl groups excluding tert-OH is 1. The van der Waals surface area contributed by atoms with Gasteiger partial charge in [-0.1, -0.05) is 73.2 Å². The number of carbonyl (C=O) groups excluding carboxylic acids is 3. The van der Waals surface area contributed by atoms with Gasteiger partial charge in [-0.15, -0.1) is 0 Å². The number of carbonyl (C=O) groups is 3. The van der Waals surface area contributed by atoms with Gasteiger partial charge in [0.05, 0.1) is 23.9 Å². The van der Waals surface area contributed by atoms with E-state index in [1.807, 2.05) is 0 Å². The molecule has 0 bridgehead atoms. The van der Waals surface area contributed by atoms with Gasteiger partial charge in [-0.3, -0.25) is 14.5 Å². The van der Waals surface area contributed by atoms with E-state index in [4.69, 9.17) is 21.1 Å². The summed E-state index contributed by atoms with van der Waals surface area (Å²) in [5.74, 6) is -2.20. The first-order valence-electron chi connectivity index (χ1n) is 12.3. The molecule has 1 unspecified atom stereocenters. The van der Waals surface area contributed by atoms with Gasteiger partial charge in [-0.2, -0.15) is 0 Å². The minimum atomic E-state index is -1.02. The number of thiazole rings is 1. The van der Waals surface area contributed by atoms with E-state index >= 15 is 0 Å². The Morgan fingerprint density at radius 3 is 2.67 bits per heavy atom. The van der Waals surface area contributed by atoms with Crippen molar-refractivity contribution in [3.63, 3.8) is 0 Å². The van der Waals surface area contributed by atoms with Crippen LogP contribution in [-0.2, 0) is 14.3 Å². The van der Waals surface area contributed by atoms with Gasteiger partial charge < -0.3 is 14.6 Å². The molecular weight excluding hydrogens is 540 g/mol. The number of amides is 1. The van der Waals surface area contributed by atoms with E-state index in [1.54, 1.807) is 55.5 Å². The Morgan fingerprint density at radius 2 is 1.97 bits per heavy atom. The Kier molecular flexibility index (Phi) is 8.83. The molecule has 1 aliphatic heterocycles. The average molecular weight is 567 g/mol. The highest BCUT2D eigenvalue weighted by Gasteiger charge is 2.48.